The van der Waals surface area contributed by atoms with Crippen molar-refractivity contribution >= 4 is 12.4 Å². The summed E-state index contributed by atoms with van der Waals surface area (Å²) in [5, 5.41) is 19.9. The van der Waals surface area contributed by atoms with Crippen LogP contribution in [0.5, 0.6) is 17.2 Å². The molecule has 1 aliphatic heterocycles. The number of phenolic OH excluding ortho intramolecular Hbond substituents is 2. The zero-order chi connectivity index (χ0) is 19.3. The Morgan fingerprint density at radius 2 is 1.88 bits per heavy atom. The Balaban J connectivity index is 2.07. The maximum Gasteiger partial charge on any atom is 0.157 e. The molecule has 1 atom stereocenters. The highest BCUT2D eigenvalue weighted by Gasteiger charge is 2.31. The molecule has 1 heterocycles. The Morgan fingerprint density at radius 3 is 2.54 bits per heavy atom. The Morgan fingerprint density at radius 1 is 1.15 bits per heavy atom. The highest BCUT2D eigenvalue weighted by Crippen LogP contribution is 2.43. The Bertz CT molecular complexity index is 767. The van der Waals surface area contributed by atoms with Gasteiger partial charge < -0.3 is 14.9 Å². The number of hydrogen-bond donors (Lipinski definition) is 2. The van der Waals surface area contributed by atoms with Crippen molar-refractivity contribution in [1.82, 2.24) is 0 Å². The lowest BCUT2D eigenvalue weighted by molar-refractivity contribution is 0.108. The summed E-state index contributed by atoms with van der Waals surface area (Å²) >= 11 is 0. The van der Waals surface area contributed by atoms with E-state index >= 15 is 0 Å². The molecule has 2 N–H and O–H groups in total. The standard InChI is InChI=1S/C22H28O4/c1-15(2)7-5-8-16(3)9-6-11-22(4)12-10-17-19(24)13-20(25)18(14-23)21(17)26-22/h7,9-10,12-14,24-25H,5-6,8,11H2,1-4H3/b16-9+. The van der Waals surface area contributed by atoms with Gasteiger partial charge in [0.25, 0.3) is 0 Å². The summed E-state index contributed by atoms with van der Waals surface area (Å²) in [6.45, 7) is 8.28. The summed E-state index contributed by atoms with van der Waals surface area (Å²) in [5.74, 6) is -0.132. The van der Waals surface area contributed by atoms with E-state index in [1.807, 2.05) is 13.0 Å². The lowest BCUT2D eigenvalue weighted by atomic mass is 9.93. The van der Waals surface area contributed by atoms with E-state index in [0.29, 0.717) is 11.8 Å². The molecule has 140 valence electrons. The van der Waals surface area contributed by atoms with Crippen LogP contribution in [0.25, 0.3) is 6.08 Å². The van der Waals surface area contributed by atoms with Crippen LogP contribution in [-0.4, -0.2) is 22.1 Å². The van der Waals surface area contributed by atoms with E-state index in [1.54, 1.807) is 6.08 Å². The second-order valence-electron chi connectivity index (χ2n) is 7.35. The van der Waals surface area contributed by atoms with E-state index in [4.69, 9.17) is 4.74 Å². The molecule has 0 spiro atoms. The highest BCUT2D eigenvalue weighted by molar-refractivity contribution is 5.88. The molecule has 0 bridgehead atoms. The molecule has 1 aromatic rings. The van der Waals surface area contributed by atoms with Gasteiger partial charge in [-0.05, 0) is 65.5 Å². The van der Waals surface area contributed by atoms with E-state index in [2.05, 4.69) is 32.9 Å². The minimum atomic E-state index is -0.596. The lowest BCUT2D eigenvalue weighted by Crippen LogP contribution is -2.32. The van der Waals surface area contributed by atoms with Crippen molar-refractivity contribution in [2.45, 2.75) is 59.0 Å². The number of phenols is 2. The molecule has 0 saturated heterocycles. The Labute approximate surface area is 155 Å². The monoisotopic (exact) mass is 356 g/mol. The Kier molecular flexibility index (Phi) is 6.30. The number of carbonyl (C=O) groups is 1. The normalized spacial score (nSPS) is 18.8. The highest BCUT2D eigenvalue weighted by atomic mass is 16.5. The first-order valence-corrected chi connectivity index (χ1v) is 8.97. The SMILES string of the molecule is CC(C)=CCC/C(C)=C/CCC1(C)C=Cc2c(O)cc(O)c(C=O)c2O1. The summed E-state index contributed by atoms with van der Waals surface area (Å²) in [4.78, 5) is 11.3. The van der Waals surface area contributed by atoms with Gasteiger partial charge in [-0.25, -0.2) is 0 Å². The Hall–Kier alpha value is -2.49. The van der Waals surface area contributed by atoms with Crippen LogP contribution >= 0.6 is 0 Å². The van der Waals surface area contributed by atoms with Gasteiger partial charge in [0.1, 0.15) is 22.8 Å². The molecule has 0 radical (unpaired) electrons. The molecule has 0 aliphatic carbocycles. The van der Waals surface area contributed by atoms with Crippen molar-refractivity contribution in [3.8, 4) is 17.2 Å². The number of ether oxygens (including phenoxy) is 1. The van der Waals surface area contributed by atoms with E-state index in [1.165, 1.54) is 11.1 Å². The maximum absolute atomic E-state index is 11.3. The van der Waals surface area contributed by atoms with Crippen molar-refractivity contribution in [2.24, 2.45) is 0 Å². The third-order valence-electron chi connectivity index (χ3n) is 4.60. The van der Waals surface area contributed by atoms with Gasteiger partial charge in [-0.15, -0.1) is 0 Å². The molecule has 1 unspecified atom stereocenters. The average molecular weight is 356 g/mol. The molecule has 1 aliphatic rings. The third kappa shape index (κ3) is 4.78. The number of benzene rings is 1. The molecule has 0 saturated carbocycles. The molecule has 4 nitrogen and oxygen atoms in total. The van der Waals surface area contributed by atoms with Crippen LogP contribution < -0.4 is 4.74 Å². The molecule has 0 fully saturated rings. The summed E-state index contributed by atoms with van der Waals surface area (Å²) in [5.41, 5.74) is 2.58. The summed E-state index contributed by atoms with van der Waals surface area (Å²) < 4.78 is 6.02. The fourth-order valence-electron chi connectivity index (χ4n) is 3.00. The second kappa shape index (κ2) is 8.26. The molecule has 0 amide bonds. The summed E-state index contributed by atoms with van der Waals surface area (Å²) in [6, 6.07) is 1.16. The van der Waals surface area contributed by atoms with Crippen molar-refractivity contribution in [1.29, 1.82) is 0 Å². The quantitative estimate of drug-likeness (QED) is 0.497. The van der Waals surface area contributed by atoms with Gasteiger partial charge in [-0.2, -0.15) is 0 Å². The largest absolute Gasteiger partial charge is 0.507 e. The van der Waals surface area contributed by atoms with Crippen molar-refractivity contribution in [2.75, 3.05) is 0 Å². The van der Waals surface area contributed by atoms with E-state index in [0.717, 1.165) is 31.7 Å². The third-order valence-corrected chi connectivity index (χ3v) is 4.60. The van der Waals surface area contributed by atoms with Crippen molar-refractivity contribution in [3.05, 3.63) is 46.6 Å². The number of hydrogen-bond acceptors (Lipinski definition) is 4. The summed E-state index contributed by atoms with van der Waals surface area (Å²) in [7, 11) is 0. The van der Waals surface area contributed by atoms with Gasteiger partial charge >= 0.3 is 0 Å². The predicted octanol–water partition coefficient (Wildman–Crippen LogP) is 5.55. The lowest BCUT2D eigenvalue weighted by Gasteiger charge is -2.32. The van der Waals surface area contributed by atoms with Gasteiger partial charge in [-0.3, -0.25) is 4.79 Å². The number of fused-ring (bicyclic) bond motifs is 1. The molecule has 4 heteroatoms. The van der Waals surface area contributed by atoms with Gasteiger partial charge in [0, 0.05) is 6.07 Å². The first-order chi connectivity index (χ1) is 12.3. The number of rotatable bonds is 7. The van der Waals surface area contributed by atoms with Crippen LogP contribution in [0.4, 0.5) is 0 Å². The van der Waals surface area contributed by atoms with E-state index in [9.17, 15) is 15.0 Å². The maximum atomic E-state index is 11.3. The van der Waals surface area contributed by atoms with Gasteiger partial charge in [0.15, 0.2) is 6.29 Å². The number of carbonyl (C=O) groups excluding carboxylic acids is 1. The fourth-order valence-corrected chi connectivity index (χ4v) is 3.00. The van der Waals surface area contributed by atoms with Crippen LogP contribution in [0, 0.1) is 0 Å². The molecule has 26 heavy (non-hydrogen) atoms. The van der Waals surface area contributed by atoms with Gasteiger partial charge in [-0.1, -0.05) is 23.3 Å². The predicted molar refractivity (Wildman–Crippen MR) is 105 cm³/mol. The molecular weight excluding hydrogens is 328 g/mol. The molecule has 1 aromatic carbocycles. The van der Waals surface area contributed by atoms with Crippen LogP contribution in [0.15, 0.2) is 35.4 Å². The minimum Gasteiger partial charge on any atom is -0.507 e. The number of aromatic hydroxyl groups is 2. The van der Waals surface area contributed by atoms with E-state index in [-0.39, 0.29) is 22.8 Å². The second-order valence-corrected chi connectivity index (χ2v) is 7.35. The topological polar surface area (TPSA) is 66.8 Å². The van der Waals surface area contributed by atoms with Crippen molar-refractivity contribution < 1.29 is 19.7 Å². The smallest absolute Gasteiger partial charge is 0.157 e. The van der Waals surface area contributed by atoms with Crippen molar-refractivity contribution in [3.63, 3.8) is 0 Å². The molecule has 0 aromatic heterocycles. The van der Waals surface area contributed by atoms with Crippen LogP contribution in [-0.2, 0) is 0 Å². The van der Waals surface area contributed by atoms with Crippen LogP contribution in [0.2, 0.25) is 0 Å². The first kappa shape index (κ1) is 19.8. The zero-order valence-electron chi connectivity index (χ0n) is 16.0. The summed E-state index contributed by atoms with van der Waals surface area (Å²) in [6.07, 6.45) is 12.3. The first-order valence-electron chi connectivity index (χ1n) is 8.97. The van der Waals surface area contributed by atoms with Crippen LogP contribution in [0.1, 0.15) is 69.3 Å². The number of allylic oxidation sites excluding steroid dienone is 4. The number of aldehydes is 1. The van der Waals surface area contributed by atoms with Gasteiger partial charge in [0.05, 0.1) is 11.1 Å². The molecular formula is C22H28O4. The molecule has 2 rings (SSSR count). The minimum absolute atomic E-state index is 0.0711. The average Bonchev–Trinajstić information content (AvgIpc) is 2.54. The fraction of sp³-hybridized carbons (Fsp3) is 0.409. The van der Waals surface area contributed by atoms with E-state index < -0.39 is 5.60 Å². The van der Waals surface area contributed by atoms with Gasteiger partial charge in [0.2, 0.25) is 0 Å². The van der Waals surface area contributed by atoms with Crippen LogP contribution in [0.3, 0.4) is 0 Å². The zero-order valence-corrected chi connectivity index (χ0v) is 16.0.